The standard InChI is InChI=1S/C27H28N6O2/c1-15-12-16(2)24(17(3)13-15)32-27-28-11-10-23(31-27)30-21-7-5-6-19-20(21)14-33(26(19)35)22-9-8-18(4)29-25(22)34/h5-7,10-13,22H,4,8-9,14H2,1-3H3,(H,29,34)(H2,28,30,31,32). The molecule has 1 atom stereocenters. The summed E-state index contributed by atoms with van der Waals surface area (Å²) in [7, 11) is 0. The molecule has 1 saturated heterocycles. The Balaban J connectivity index is 1.38. The van der Waals surface area contributed by atoms with Gasteiger partial charge in [-0.2, -0.15) is 4.98 Å². The van der Waals surface area contributed by atoms with Crippen molar-refractivity contribution in [3.05, 3.63) is 82.7 Å². The molecule has 1 unspecified atom stereocenters. The minimum atomic E-state index is -0.496. The van der Waals surface area contributed by atoms with Crippen molar-refractivity contribution in [3.8, 4) is 0 Å². The second-order valence-electron chi connectivity index (χ2n) is 9.20. The van der Waals surface area contributed by atoms with Gasteiger partial charge >= 0.3 is 0 Å². The Morgan fingerprint density at radius 3 is 2.60 bits per heavy atom. The second kappa shape index (κ2) is 8.87. The summed E-state index contributed by atoms with van der Waals surface area (Å²) >= 11 is 0. The second-order valence-corrected chi connectivity index (χ2v) is 9.20. The van der Waals surface area contributed by atoms with Crippen molar-refractivity contribution in [2.75, 3.05) is 10.6 Å². The van der Waals surface area contributed by atoms with Gasteiger partial charge in [0, 0.05) is 40.9 Å². The van der Waals surface area contributed by atoms with E-state index >= 15 is 0 Å². The fourth-order valence-corrected chi connectivity index (χ4v) is 4.90. The Morgan fingerprint density at radius 1 is 1.09 bits per heavy atom. The van der Waals surface area contributed by atoms with Crippen LogP contribution in [0.25, 0.3) is 0 Å². The molecule has 1 aromatic heterocycles. The Bertz CT molecular complexity index is 1340. The highest BCUT2D eigenvalue weighted by atomic mass is 16.2. The Labute approximate surface area is 204 Å². The number of anilines is 4. The first kappa shape index (κ1) is 22.6. The number of carbonyl (C=O) groups excluding carboxylic acids is 2. The molecule has 0 bridgehead atoms. The zero-order valence-corrected chi connectivity index (χ0v) is 20.1. The first-order chi connectivity index (χ1) is 16.8. The third-order valence-corrected chi connectivity index (χ3v) is 6.53. The number of hydrogen-bond acceptors (Lipinski definition) is 6. The van der Waals surface area contributed by atoms with Gasteiger partial charge in [-0.3, -0.25) is 9.59 Å². The van der Waals surface area contributed by atoms with Crippen LogP contribution in [0.4, 0.5) is 23.1 Å². The van der Waals surface area contributed by atoms with Crippen LogP contribution in [0.5, 0.6) is 0 Å². The van der Waals surface area contributed by atoms with Gasteiger partial charge in [-0.05, 0) is 62.9 Å². The van der Waals surface area contributed by atoms with E-state index in [1.807, 2.05) is 12.1 Å². The molecule has 2 aromatic carbocycles. The molecule has 2 aliphatic rings. The molecule has 3 N–H and O–H groups in total. The third-order valence-electron chi connectivity index (χ3n) is 6.53. The van der Waals surface area contributed by atoms with Crippen molar-refractivity contribution in [1.82, 2.24) is 20.2 Å². The SMILES string of the molecule is C=C1CCC(N2Cc3c(Nc4ccnc(Nc5c(C)cc(C)cc5C)n4)cccc3C2=O)C(=O)N1. The monoisotopic (exact) mass is 468 g/mol. The third kappa shape index (κ3) is 4.35. The predicted octanol–water partition coefficient (Wildman–Crippen LogP) is 4.64. The van der Waals surface area contributed by atoms with Crippen molar-refractivity contribution >= 4 is 35.0 Å². The van der Waals surface area contributed by atoms with Crippen LogP contribution in [-0.4, -0.2) is 32.7 Å². The number of allylic oxidation sites excluding steroid dienone is 1. The number of hydrogen-bond donors (Lipinski definition) is 3. The van der Waals surface area contributed by atoms with Crippen LogP contribution in [0, 0.1) is 20.8 Å². The summed E-state index contributed by atoms with van der Waals surface area (Å²) in [5, 5.41) is 9.46. The number of rotatable bonds is 5. The first-order valence-electron chi connectivity index (χ1n) is 11.7. The molecule has 0 radical (unpaired) electrons. The van der Waals surface area contributed by atoms with Gasteiger partial charge in [0.1, 0.15) is 11.9 Å². The number of aromatic nitrogens is 2. The minimum absolute atomic E-state index is 0.133. The van der Waals surface area contributed by atoms with E-state index in [4.69, 9.17) is 0 Å². The van der Waals surface area contributed by atoms with Gasteiger partial charge in [-0.25, -0.2) is 4.98 Å². The van der Waals surface area contributed by atoms with Crippen molar-refractivity contribution in [2.24, 2.45) is 0 Å². The lowest BCUT2D eigenvalue weighted by Gasteiger charge is -2.31. The molecule has 5 rings (SSSR count). The van der Waals surface area contributed by atoms with E-state index in [1.165, 1.54) is 5.56 Å². The Kier molecular flexibility index (Phi) is 5.72. The van der Waals surface area contributed by atoms with Gasteiger partial charge in [0.05, 0.1) is 0 Å². The molecule has 8 heteroatoms. The fraction of sp³-hybridized carbons (Fsp3) is 0.259. The molecule has 8 nitrogen and oxygen atoms in total. The molecule has 2 aliphatic heterocycles. The van der Waals surface area contributed by atoms with Crippen LogP contribution in [-0.2, 0) is 11.3 Å². The summed E-state index contributed by atoms with van der Waals surface area (Å²) in [5.74, 6) is 0.780. The fourth-order valence-electron chi connectivity index (χ4n) is 4.90. The summed E-state index contributed by atoms with van der Waals surface area (Å²) in [5.41, 5.74) is 7.38. The molecule has 1 fully saturated rings. The van der Waals surface area contributed by atoms with Crippen molar-refractivity contribution in [3.63, 3.8) is 0 Å². The molecule has 3 heterocycles. The maximum atomic E-state index is 13.1. The number of fused-ring (bicyclic) bond motifs is 1. The van der Waals surface area contributed by atoms with Crippen LogP contribution in [0.3, 0.4) is 0 Å². The van der Waals surface area contributed by atoms with Crippen LogP contribution in [0.15, 0.2) is 54.9 Å². The lowest BCUT2D eigenvalue weighted by atomic mass is 10.0. The molecular formula is C27H28N6O2. The minimum Gasteiger partial charge on any atom is -0.340 e. The lowest BCUT2D eigenvalue weighted by Crippen LogP contribution is -2.49. The quantitative estimate of drug-likeness (QED) is 0.505. The van der Waals surface area contributed by atoms with Gasteiger partial charge in [0.15, 0.2) is 0 Å². The highest BCUT2D eigenvalue weighted by Gasteiger charge is 2.38. The van der Waals surface area contributed by atoms with Gasteiger partial charge in [0.25, 0.3) is 5.91 Å². The Hall–Kier alpha value is -4.20. The molecule has 0 aliphatic carbocycles. The average molecular weight is 469 g/mol. The highest BCUT2D eigenvalue weighted by molar-refractivity contribution is 6.03. The first-order valence-corrected chi connectivity index (χ1v) is 11.7. The van der Waals surface area contributed by atoms with E-state index in [0.29, 0.717) is 42.4 Å². The molecular weight excluding hydrogens is 440 g/mol. The Morgan fingerprint density at radius 2 is 1.86 bits per heavy atom. The number of nitrogens with zero attached hydrogens (tertiary/aromatic N) is 3. The zero-order chi connectivity index (χ0) is 24.7. The van der Waals surface area contributed by atoms with Gasteiger partial charge in [-0.15, -0.1) is 0 Å². The maximum Gasteiger partial charge on any atom is 0.255 e. The van der Waals surface area contributed by atoms with E-state index in [1.54, 1.807) is 23.2 Å². The largest absolute Gasteiger partial charge is 0.340 e. The van der Waals surface area contributed by atoms with Crippen LogP contribution < -0.4 is 16.0 Å². The van der Waals surface area contributed by atoms with Gasteiger partial charge in [0.2, 0.25) is 11.9 Å². The molecule has 2 amide bonds. The number of carbonyl (C=O) groups is 2. The smallest absolute Gasteiger partial charge is 0.255 e. The van der Waals surface area contributed by atoms with Gasteiger partial charge in [-0.1, -0.05) is 30.3 Å². The summed E-state index contributed by atoms with van der Waals surface area (Å²) in [4.78, 5) is 36.3. The highest BCUT2D eigenvalue weighted by Crippen LogP contribution is 2.34. The van der Waals surface area contributed by atoms with E-state index in [9.17, 15) is 9.59 Å². The summed E-state index contributed by atoms with van der Waals surface area (Å²) < 4.78 is 0. The molecule has 178 valence electrons. The number of benzene rings is 2. The summed E-state index contributed by atoms with van der Waals surface area (Å²) in [6.07, 6.45) is 2.93. The summed E-state index contributed by atoms with van der Waals surface area (Å²) in [6.45, 7) is 10.4. The van der Waals surface area contributed by atoms with E-state index < -0.39 is 6.04 Å². The number of amides is 2. The topological polar surface area (TPSA) is 99.2 Å². The predicted molar refractivity (Wildman–Crippen MR) is 136 cm³/mol. The van der Waals surface area contributed by atoms with Crippen LogP contribution >= 0.6 is 0 Å². The molecule has 0 spiro atoms. The number of nitrogens with one attached hydrogen (secondary N) is 3. The normalized spacial score (nSPS) is 17.3. The van der Waals surface area contributed by atoms with Crippen molar-refractivity contribution in [2.45, 2.75) is 46.2 Å². The van der Waals surface area contributed by atoms with Crippen LogP contribution in [0.2, 0.25) is 0 Å². The van der Waals surface area contributed by atoms with E-state index in [-0.39, 0.29) is 11.8 Å². The average Bonchev–Trinajstić information content (AvgIpc) is 3.14. The molecule has 3 aromatic rings. The van der Waals surface area contributed by atoms with Gasteiger partial charge < -0.3 is 20.9 Å². The van der Waals surface area contributed by atoms with Crippen molar-refractivity contribution < 1.29 is 9.59 Å². The zero-order valence-electron chi connectivity index (χ0n) is 20.1. The van der Waals surface area contributed by atoms with E-state index in [0.717, 1.165) is 28.1 Å². The summed E-state index contributed by atoms with van der Waals surface area (Å²) in [6, 6.07) is 11.1. The molecule has 35 heavy (non-hydrogen) atoms. The van der Waals surface area contributed by atoms with Crippen molar-refractivity contribution in [1.29, 1.82) is 0 Å². The number of piperidine rings is 1. The molecule has 0 saturated carbocycles. The van der Waals surface area contributed by atoms with Crippen LogP contribution in [0.1, 0.15) is 45.5 Å². The lowest BCUT2D eigenvalue weighted by molar-refractivity contribution is -0.126. The number of aryl methyl sites for hydroxylation is 3. The maximum absolute atomic E-state index is 13.1. The van der Waals surface area contributed by atoms with E-state index in [2.05, 4.69) is 65.4 Å².